The molecule has 0 saturated heterocycles. The Balaban J connectivity index is 2.12. The Labute approximate surface area is 95.4 Å². The molecule has 2 heteroatoms. The molecule has 0 bridgehead atoms. The second kappa shape index (κ2) is 5.65. The van der Waals surface area contributed by atoms with Gasteiger partial charge >= 0.3 is 0 Å². The van der Waals surface area contributed by atoms with Crippen LogP contribution in [0.15, 0.2) is 0 Å². The molecule has 1 aliphatic carbocycles. The molecule has 1 aliphatic rings. The van der Waals surface area contributed by atoms with Crippen LogP contribution in [0.25, 0.3) is 0 Å². The highest BCUT2D eigenvalue weighted by atomic mass is 79.9. The van der Waals surface area contributed by atoms with E-state index in [0.29, 0.717) is 5.41 Å². The minimum absolute atomic E-state index is 0.655. The summed E-state index contributed by atoms with van der Waals surface area (Å²) in [6, 6.07) is 0. The Morgan fingerprint density at radius 2 is 2.31 bits per heavy atom. The Morgan fingerprint density at radius 1 is 1.54 bits per heavy atom. The molecule has 2 unspecified atom stereocenters. The number of rotatable bonds is 5. The van der Waals surface area contributed by atoms with Crippen LogP contribution in [-0.2, 0) is 0 Å². The van der Waals surface area contributed by atoms with E-state index in [9.17, 15) is 0 Å². The lowest BCUT2D eigenvalue weighted by Gasteiger charge is -2.23. The smallest absolute Gasteiger partial charge is 0.0151 e. The van der Waals surface area contributed by atoms with Crippen LogP contribution in [0.1, 0.15) is 46.0 Å². The number of hydrogen-bond acceptors (Lipinski definition) is 1. The average molecular weight is 265 g/mol. The van der Waals surface area contributed by atoms with Crippen molar-refractivity contribution in [3.8, 4) is 0 Å². The maximum absolute atomic E-state index is 3.73. The van der Waals surface area contributed by atoms with Crippen molar-refractivity contribution in [3.63, 3.8) is 0 Å². The van der Waals surface area contributed by atoms with Gasteiger partial charge in [0.2, 0.25) is 0 Å². The topological polar surface area (TPSA) is 0 Å². The third-order valence-electron chi connectivity index (χ3n) is 3.05. The lowest BCUT2D eigenvalue weighted by molar-refractivity contribution is 0.307. The average Bonchev–Trinajstić information content (AvgIpc) is 2.41. The standard InChI is InChI=1S/C11H21BrS/c1-3-13-8-4-6-11(2)7-5-10(12)9-11/h10H,3-9H2,1-2H3. The van der Waals surface area contributed by atoms with Gasteiger partial charge in [-0.05, 0) is 49.0 Å². The quantitative estimate of drug-likeness (QED) is 0.522. The molecule has 0 heterocycles. The highest BCUT2D eigenvalue weighted by Gasteiger charge is 2.32. The number of hydrogen-bond donors (Lipinski definition) is 0. The van der Waals surface area contributed by atoms with Gasteiger partial charge < -0.3 is 0 Å². The molecule has 1 saturated carbocycles. The third-order valence-corrected chi connectivity index (χ3v) is 4.82. The van der Waals surface area contributed by atoms with Gasteiger partial charge in [-0.15, -0.1) is 0 Å². The van der Waals surface area contributed by atoms with Gasteiger partial charge in [0.25, 0.3) is 0 Å². The zero-order valence-electron chi connectivity index (χ0n) is 8.81. The molecule has 2 atom stereocenters. The molecule has 0 nitrogen and oxygen atoms in total. The summed E-state index contributed by atoms with van der Waals surface area (Å²) in [6.45, 7) is 4.71. The van der Waals surface area contributed by atoms with Gasteiger partial charge in [0, 0.05) is 4.83 Å². The molecule has 0 radical (unpaired) electrons. The van der Waals surface area contributed by atoms with Crippen LogP contribution >= 0.6 is 27.7 Å². The van der Waals surface area contributed by atoms with Crippen molar-refractivity contribution in [3.05, 3.63) is 0 Å². The Morgan fingerprint density at radius 3 is 2.85 bits per heavy atom. The summed E-state index contributed by atoms with van der Waals surface area (Å²) in [6.07, 6.45) is 7.05. The molecule has 78 valence electrons. The van der Waals surface area contributed by atoms with Crippen molar-refractivity contribution in [1.82, 2.24) is 0 Å². The van der Waals surface area contributed by atoms with E-state index in [4.69, 9.17) is 0 Å². The molecule has 1 fully saturated rings. The molecule has 0 N–H and O–H groups in total. The summed E-state index contributed by atoms with van der Waals surface area (Å²) >= 11 is 5.81. The maximum atomic E-state index is 3.73. The highest BCUT2D eigenvalue weighted by molar-refractivity contribution is 9.09. The maximum Gasteiger partial charge on any atom is 0.0151 e. The number of thioether (sulfide) groups is 1. The Hall–Kier alpha value is 0.830. The van der Waals surface area contributed by atoms with E-state index in [-0.39, 0.29) is 0 Å². The monoisotopic (exact) mass is 264 g/mol. The molecule has 0 aromatic carbocycles. The summed E-state index contributed by atoms with van der Waals surface area (Å²) in [7, 11) is 0. The highest BCUT2D eigenvalue weighted by Crippen LogP contribution is 2.44. The van der Waals surface area contributed by atoms with Crippen LogP contribution in [-0.4, -0.2) is 16.3 Å². The van der Waals surface area contributed by atoms with Gasteiger partial charge in [-0.1, -0.05) is 29.8 Å². The first kappa shape index (κ1) is 11.9. The van der Waals surface area contributed by atoms with Gasteiger partial charge in [0.05, 0.1) is 0 Å². The van der Waals surface area contributed by atoms with Crippen LogP contribution in [0, 0.1) is 5.41 Å². The van der Waals surface area contributed by atoms with E-state index in [1.54, 1.807) is 0 Å². The first-order valence-electron chi connectivity index (χ1n) is 5.38. The Bertz CT molecular complexity index is 149. The predicted octanol–water partition coefficient (Wildman–Crippen LogP) is 4.47. The zero-order chi connectivity index (χ0) is 9.73. The van der Waals surface area contributed by atoms with E-state index in [1.807, 2.05) is 0 Å². The first-order valence-corrected chi connectivity index (χ1v) is 7.45. The van der Waals surface area contributed by atoms with Crippen LogP contribution in [0.4, 0.5) is 0 Å². The van der Waals surface area contributed by atoms with Crippen molar-refractivity contribution in [2.24, 2.45) is 5.41 Å². The summed E-state index contributed by atoms with van der Waals surface area (Å²) in [5.74, 6) is 2.64. The number of alkyl halides is 1. The molecule has 0 amide bonds. The second-order valence-corrected chi connectivity index (χ2v) is 7.14. The molecule has 0 spiro atoms. The summed E-state index contributed by atoms with van der Waals surface area (Å²) in [4.78, 5) is 0.802. The van der Waals surface area contributed by atoms with Crippen molar-refractivity contribution < 1.29 is 0 Å². The van der Waals surface area contributed by atoms with Crippen LogP contribution in [0.3, 0.4) is 0 Å². The van der Waals surface area contributed by atoms with E-state index < -0.39 is 0 Å². The predicted molar refractivity (Wildman–Crippen MR) is 66.9 cm³/mol. The van der Waals surface area contributed by atoms with Crippen molar-refractivity contribution in [2.75, 3.05) is 11.5 Å². The van der Waals surface area contributed by atoms with Gasteiger partial charge in [-0.2, -0.15) is 11.8 Å². The zero-order valence-corrected chi connectivity index (χ0v) is 11.2. The fourth-order valence-electron chi connectivity index (χ4n) is 2.22. The van der Waals surface area contributed by atoms with Crippen LogP contribution < -0.4 is 0 Å². The van der Waals surface area contributed by atoms with E-state index in [2.05, 4.69) is 41.5 Å². The molecular weight excluding hydrogens is 244 g/mol. The lowest BCUT2D eigenvalue weighted by atomic mass is 9.84. The molecule has 13 heavy (non-hydrogen) atoms. The molecule has 0 aliphatic heterocycles. The van der Waals surface area contributed by atoms with Crippen molar-refractivity contribution in [2.45, 2.75) is 50.8 Å². The van der Waals surface area contributed by atoms with Gasteiger partial charge in [-0.3, -0.25) is 0 Å². The van der Waals surface area contributed by atoms with Crippen LogP contribution in [0.5, 0.6) is 0 Å². The van der Waals surface area contributed by atoms with Gasteiger partial charge in [0.1, 0.15) is 0 Å². The van der Waals surface area contributed by atoms with Crippen molar-refractivity contribution in [1.29, 1.82) is 0 Å². The van der Waals surface area contributed by atoms with E-state index >= 15 is 0 Å². The van der Waals surface area contributed by atoms with E-state index in [1.165, 1.54) is 43.6 Å². The van der Waals surface area contributed by atoms with E-state index in [0.717, 1.165) is 4.83 Å². The number of halogens is 1. The lowest BCUT2D eigenvalue weighted by Crippen LogP contribution is -2.12. The summed E-state index contributed by atoms with van der Waals surface area (Å²) in [5.41, 5.74) is 0.655. The second-order valence-electron chi connectivity index (χ2n) is 4.45. The fraction of sp³-hybridized carbons (Fsp3) is 1.00. The van der Waals surface area contributed by atoms with Gasteiger partial charge in [-0.25, -0.2) is 0 Å². The normalized spacial score (nSPS) is 33.9. The SMILES string of the molecule is CCSCCCC1(C)CCC(Br)C1. The van der Waals surface area contributed by atoms with Crippen molar-refractivity contribution >= 4 is 27.7 Å². The minimum Gasteiger partial charge on any atom is -0.162 e. The molecule has 0 aromatic rings. The van der Waals surface area contributed by atoms with Crippen LogP contribution in [0.2, 0.25) is 0 Å². The molecular formula is C11H21BrS. The molecule has 0 aromatic heterocycles. The first-order chi connectivity index (χ1) is 6.16. The van der Waals surface area contributed by atoms with Gasteiger partial charge in [0.15, 0.2) is 0 Å². The largest absolute Gasteiger partial charge is 0.162 e. The minimum atomic E-state index is 0.655. The molecule has 1 rings (SSSR count). The fourth-order valence-corrected chi connectivity index (χ4v) is 3.86. The summed E-state index contributed by atoms with van der Waals surface area (Å²) < 4.78 is 0. The third kappa shape index (κ3) is 4.24. The summed E-state index contributed by atoms with van der Waals surface area (Å²) in [5, 5.41) is 0. The Kier molecular flexibility index (Phi) is 5.17.